The molecule has 0 spiro atoms. The van der Waals surface area contributed by atoms with Crippen molar-refractivity contribution in [3.05, 3.63) is 107 Å². The molecule has 0 bridgehead atoms. The maximum absolute atomic E-state index is 12.5. The second kappa shape index (κ2) is 7.99. The van der Waals surface area contributed by atoms with Crippen LogP contribution in [0.2, 0.25) is 0 Å². The fourth-order valence-electron chi connectivity index (χ4n) is 2.44. The van der Waals surface area contributed by atoms with E-state index in [1.807, 2.05) is 79.7 Å². The SMILES string of the molecule is Cc1ccc(C(C#Cc2ccccc2)NC(=O)c2ccccc2)cc1. The summed E-state index contributed by atoms with van der Waals surface area (Å²) in [5, 5.41) is 3.03. The molecule has 0 aliphatic carbocycles. The van der Waals surface area contributed by atoms with Gasteiger partial charge in [0.15, 0.2) is 0 Å². The average Bonchev–Trinajstić information content (AvgIpc) is 2.67. The second-order valence-electron chi connectivity index (χ2n) is 5.82. The third-order valence-corrected chi connectivity index (χ3v) is 3.86. The van der Waals surface area contributed by atoms with Crippen molar-refractivity contribution in [3.63, 3.8) is 0 Å². The van der Waals surface area contributed by atoms with Crippen molar-refractivity contribution in [2.75, 3.05) is 0 Å². The summed E-state index contributed by atoms with van der Waals surface area (Å²) >= 11 is 0. The predicted octanol–water partition coefficient (Wildman–Crippen LogP) is 4.52. The number of benzene rings is 3. The van der Waals surface area contributed by atoms with Gasteiger partial charge in [0, 0.05) is 11.1 Å². The van der Waals surface area contributed by atoms with Crippen molar-refractivity contribution in [2.45, 2.75) is 13.0 Å². The number of hydrogen-bond acceptors (Lipinski definition) is 1. The molecule has 2 nitrogen and oxygen atoms in total. The highest BCUT2D eigenvalue weighted by Crippen LogP contribution is 2.15. The van der Waals surface area contributed by atoms with Gasteiger partial charge in [-0.05, 0) is 36.8 Å². The van der Waals surface area contributed by atoms with Crippen molar-refractivity contribution in [1.29, 1.82) is 0 Å². The number of amides is 1. The van der Waals surface area contributed by atoms with Gasteiger partial charge in [-0.15, -0.1) is 0 Å². The molecule has 1 amide bonds. The largest absolute Gasteiger partial charge is 0.334 e. The fraction of sp³-hybridized carbons (Fsp3) is 0.0870. The van der Waals surface area contributed by atoms with Crippen LogP contribution in [0.15, 0.2) is 84.9 Å². The van der Waals surface area contributed by atoms with Crippen LogP contribution in [0.3, 0.4) is 0 Å². The molecule has 0 heterocycles. The van der Waals surface area contributed by atoms with E-state index in [0.29, 0.717) is 5.56 Å². The van der Waals surface area contributed by atoms with Gasteiger partial charge in [0.25, 0.3) is 5.91 Å². The Hall–Kier alpha value is -3.31. The number of rotatable bonds is 3. The van der Waals surface area contributed by atoms with E-state index in [0.717, 1.165) is 11.1 Å². The molecule has 0 saturated heterocycles. The molecule has 2 heteroatoms. The van der Waals surface area contributed by atoms with Crippen LogP contribution in [0.5, 0.6) is 0 Å². The van der Waals surface area contributed by atoms with Gasteiger partial charge in [-0.3, -0.25) is 4.79 Å². The summed E-state index contributed by atoms with van der Waals surface area (Å²) in [4.78, 5) is 12.5. The number of carbonyl (C=O) groups excluding carboxylic acids is 1. The molecule has 1 unspecified atom stereocenters. The van der Waals surface area contributed by atoms with Crippen LogP contribution in [0, 0.1) is 18.8 Å². The summed E-state index contributed by atoms with van der Waals surface area (Å²) in [5.41, 5.74) is 3.70. The standard InChI is InChI=1S/C23H19NO/c1-18-12-15-20(16-13-18)22(17-14-19-8-4-2-5-9-19)24-23(25)21-10-6-3-7-11-21/h2-13,15-16,22H,1H3,(H,24,25). The zero-order valence-corrected chi connectivity index (χ0v) is 14.1. The Balaban J connectivity index is 1.88. The molecule has 122 valence electrons. The first-order chi connectivity index (χ1) is 12.2. The van der Waals surface area contributed by atoms with Crippen molar-refractivity contribution < 1.29 is 4.79 Å². The summed E-state index contributed by atoms with van der Waals surface area (Å²) in [5.74, 6) is 6.21. The van der Waals surface area contributed by atoms with Crippen molar-refractivity contribution in [3.8, 4) is 11.8 Å². The van der Waals surface area contributed by atoms with Crippen LogP contribution >= 0.6 is 0 Å². The highest BCUT2D eigenvalue weighted by molar-refractivity contribution is 5.94. The van der Waals surface area contributed by atoms with Gasteiger partial charge in [-0.1, -0.05) is 78.1 Å². The van der Waals surface area contributed by atoms with Crippen LogP contribution in [0.1, 0.15) is 33.1 Å². The predicted molar refractivity (Wildman–Crippen MR) is 101 cm³/mol. The van der Waals surface area contributed by atoms with Crippen LogP contribution in [-0.2, 0) is 0 Å². The first kappa shape index (κ1) is 16.5. The molecule has 3 aromatic rings. The lowest BCUT2D eigenvalue weighted by molar-refractivity contribution is 0.0945. The lowest BCUT2D eigenvalue weighted by Gasteiger charge is -2.14. The Kier molecular flexibility index (Phi) is 5.29. The molecular formula is C23H19NO. The molecule has 0 aliphatic rings. The molecule has 0 aromatic heterocycles. The minimum absolute atomic E-state index is 0.131. The van der Waals surface area contributed by atoms with Crippen LogP contribution in [-0.4, -0.2) is 5.91 Å². The van der Waals surface area contributed by atoms with E-state index in [1.165, 1.54) is 5.56 Å². The fourth-order valence-corrected chi connectivity index (χ4v) is 2.44. The maximum atomic E-state index is 12.5. The second-order valence-corrected chi connectivity index (χ2v) is 5.82. The summed E-state index contributed by atoms with van der Waals surface area (Å²) in [6.45, 7) is 2.04. The highest BCUT2D eigenvalue weighted by atomic mass is 16.1. The Labute approximate surface area is 148 Å². The van der Waals surface area contributed by atoms with E-state index >= 15 is 0 Å². The van der Waals surface area contributed by atoms with Crippen LogP contribution in [0.4, 0.5) is 0 Å². The topological polar surface area (TPSA) is 29.1 Å². The van der Waals surface area contributed by atoms with Gasteiger partial charge in [0.05, 0.1) is 0 Å². The van der Waals surface area contributed by atoms with Crippen molar-refractivity contribution in [2.24, 2.45) is 0 Å². The molecule has 1 N–H and O–H groups in total. The third-order valence-electron chi connectivity index (χ3n) is 3.86. The zero-order chi connectivity index (χ0) is 17.5. The van der Waals surface area contributed by atoms with E-state index in [4.69, 9.17) is 0 Å². The lowest BCUT2D eigenvalue weighted by atomic mass is 10.0. The van der Waals surface area contributed by atoms with Gasteiger partial charge in [-0.2, -0.15) is 0 Å². The lowest BCUT2D eigenvalue weighted by Crippen LogP contribution is -2.27. The van der Waals surface area contributed by atoms with E-state index in [1.54, 1.807) is 12.1 Å². The molecule has 0 radical (unpaired) electrons. The smallest absolute Gasteiger partial charge is 0.252 e. The quantitative estimate of drug-likeness (QED) is 0.705. The zero-order valence-electron chi connectivity index (χ0n) is 14.1. The molecule has 0 aliphatic heterocycles. The van der Waals surface area contributed by atoms with Crippen LogP contribution < -0.4 is 5.32 Å². The van der Waals surface area contributed by atoms with Gasteiger partial charge in [0.2, 0.25) is 0 Å². The van der Waals surface area contributed by atoms with Gasteiger partial charge >= 0.3 is 0 Å². The summed E-state index contributed by atoms with van der Waals surface area (Å²) < 4.78 is 0. The van der Waals surface area contributed by atoms with Crippen molar-refractivity contribution in [1.82, 2.24) is 5.32 Å². The van der Waals surface area contributed by atoms with E-state index in [2.05, 4.69) is 17.2 Å². The van der Waals surface area contributed by atoms with Gasteiger partial charge in [-0.25, -0.2) is 0 Å². The van der Waals surface area contributed by atoms with Gasteiger partial charge in [0.1, 0.15) is 6.04 Å². The monoisotopic (exact) mass is 325 g/mol. The number of carbonyl (C=O) groups is 1. The van der Waals surface area contributed by atoms with Crippen LogP contribution in [0.25, 0.3) is 0 Å². The molecule has 3 aromatic carbocycles. The average molecular weight is 325 g/mol. The van der Waals surface area contributed by atoms with Gasteiger partial charge < -0.3 is 5.32 Å². The van der Waals surface area contributed by atoms with E-state index in [9.17, 15) is 4.79 Å². The number of hydrogen-bond donors (Lipinski definition) is 1. The normalized spacial score (nSPS) is 11.1. The first-order valence-electron chi connectivity index (χ1n) is 8.21. The highest BCUT2D eigenvalue weighted by Gasteiger charge is 2.13. The summed E-state index contributed by atoms with van der Waals surface area (Å²) in [6.07, 6.45) is 0. The van der Waals surface area contributed by atoms with E-state index in [-0.39, 0.29) is 11.9 Å². The molecule has 25 heavy (non-hydrogen) atoms. The summed E-state index contributed by atoms with van der Waals surface area (Å²) in [7, 11) is 0. The van der Waals surface area contributed by atoms with E-state index < -0.39 is 0 Å². The maximum Gasteiger partial charge on any atom is 0.252 e. The third kappa shape index (κ3) is 4.59. The minimum atomic E-state index is -0.367. The Morgan fingerprint density at radius 3 is 2.08 bits per heavy atom. The molecular weight excluding hydrogens is 306 g/mol. The minimum Gasteiger partial charge on any atom is -0.334 e. The Morgan fingerprint density at radius 1 is 0.840 bits per heavy atom. The molecule has 1 atom stereocenters. The molecule has 0 saturated carbocycles. The Bertz CT molecular complexity index is 888. The molecule has 3 rings (SSSR count). The first-order valence-corrected chi connectivity index (χ1v) is 8.21. The number of aryl methyl sites for hydroxylation is 1. The molecule has 0 fully saturated rings. The Morgan fingerprint density at radius 2 is 1.44 bits per heavy atom. The summed E-state index contributed by atoms with van der Waals surface area (Å²) in [6, 6.07) is 26.7. The van der Waals surface area contributed by atoms with Crippen molar-refractivity contribution >= 4 is 5.91 Å². The number of nitrogens with one attached hydrogen (secondary N) is 1.